The molecule has 0 aliphatic carbocycles. The van der Waals surface area contributed by atoms with Crippen molar-refractivity contribution in [2.24, 2.45) is 0 Å². The summed E-state index contributed by atoms with van der Waals surface area (Å²) in [7, 11) is 0. The fourth-order valence-electron chi connectivity index (χ4n) is 3.67. The fourth-order valence-corrected chi connectivity index (χ4v) is 5.07. The molecule has 1 atom stereocenters. The van der Waals surface area contributed by atoms with Crippen LogP contribution in [0.5, 0.6) is 0 Å². The first-order chi connectivity index (χ1) is 16.9. The summed E-state index contributed by atoms with van der Waals surface area (Å²) in [6.07, 6.45) is 0.0377. The third-order valence-electron chi connectivity index (χ3n) is 5.55. The number of aromatic nitrogens is 1. The topological polar surface area (TPSA) is 68.3 Å². The summed E-state index contributed by atoms with van der Waals surface area (Å²) in [5, 5.41) is 3.95. The summed E-state index contributed by atoms with van der Waals surface area (Å²) in [4.78, 5) is 24.3. The third-order valence-corrected chi connectivity index (χ3v) is 7.24. The monoisotopic (exact) mass is 524 g/mol. The van der Waals surface area contributed by atoms with E-state index in [1.807, 2.05) is 67.6 Å². The van der Waals surface area contributed by atoms with Crippen molar-refractivity contribution in [3.8, 4) is 21.6 Å². The zero-order chi connectivity index (χ0) is 24.9. The molecule has 35 heavy (non-hydrogen) atoms. The van der Waals surface area contributed by atoms with Crippen LogP contribution in [0.15, 0.2) is 66.7 Å². The van der Waals surface area contributed by atoms with Gasteiger partial charge in [0, 0.05) is 22.0 Å². The molecule has 0 saturated heterocycles. The number of ether oxygens (including phenoxy) is 1. The number of hydrogen-bond acceptors (Lipinski definition) is 5. The van der Waals surface area contributed by atoms with Crippen LogP contribution in [0.2, 0.25) is 10.0 Å². The molecule has 4 rings (SSSR count). The molecule has 0 bridgehead atoms. The molecule has 1 amide bonds. The van der Waals surface area contributed by atoms with Crippen LogP contribution in [0.25, 0.3) is 21.6 Å². The maximum atomic E-state index is 12.7. The van der Waals surface area contributed by atoms with Gasteiger partial charge in [-0.2, -0.15) is 4.37 Å². The van der Waals surface area contributed by atoms with E-state index in [9.17, 15) is 9.59 Å². The first kappa shape index (κ1) is 24.9. The SMILES string of the molecule is Cc1nsc(-c2ccc(-c3ccc(CC=O)c(Cl)c3)cc2)c1NC(=O)O[C@H](C)c1ccccc1Cl. The van der Waals surface area contributed by atoms with Crippen molar-refractivity contribution in [1.29, 1.82) is 0 Å². The lowest BCUT2D eigenvalue weighted by atomic mass is 10.0. The number of anilines is 1. The summed E-state index contributed by atoms with van der Waals surface area (Å²) < 4.78 is 9.98. The lowest BCUT2D eigenvalue weighted by Gasteiger charge is -2.16. The number of amides is 1. The lowest BCUT2D eigenvalue weighted by Crippen LogP contribution is -2.16. The molecule has 0 radical (unpaired) electrons. The minimum Gasteiger partial charge on any atom is -0.441 e. The summed E-state index contributed by atoms with van der Waals surface area (Å²) in [5.74, 6) is 0. The van der Waals surface area contributed by atoms with Crippen molar-refractivity contribution < 1.29 is 14.3 Å². The van der Waals surface area contributed by atoms with Gasteiger partial charge in [0.25, 0.3) is 0 Å². The molecule has 0 saturated carbocycles. The van der Waals surface area contributed by atoms with Gasteiger partial charge in [-0.1, -0.05) is 77.8 Å². The highest BCUT2D eigenvalue weighted by atomic mass is 35.5. The summed E-state index contributed by atoms with van der Waals surface area (Å²) >= 11 is 13.8. The standard InChI is InChI=1S/C27H22Cl2N2O3S/c1-16-25(30-27(33)34-17(2)22-5-3-4-6-23(22)28)26(35-31-16)20-10-7-18(8-11-20)21-12-9-19(13-14-32)24(29)15-21/h3-12,14-15,17H,13H2,1-2H3,(H,30,33)/t17-/m1/s1. The molecule has 0 unspecified atom stereocenters. The van der Waals surface area contributed by atoms with Gasteiger partial charge in [0.1, 0.15) is 12.4 Å². The third kappa shape index (κ3) is 5.73. The Hall–Kier alpha value is -3.19. The number of rotatable bonds is 7. The summed E-state index contributed by atoms with van der Waals surface area (Å²) in [5.41, 5.74) is 5.70. The van der Waals surface area contributed by atoms with E-state index in [-0.39, 0.29) is 6.42 Å². The molecule has 1 aromatic heterocycles. The maximum Gasteiger partial charge on any atom is 0.412 e. The van der Waals surface area contributed by atoms with Crippen LogP contribution < -0.4 is 5.32 Å². The number of aryl methyl sites for hydroxylation is 1. The Morgan fingerprint density at radius 2 is 1.71 bits per heavy atom. The van der Waals surface area contributed by atoms with E-state index < -0.39 is 12.2 Å². The van der Waals surface area contributed by atoms with Crippen LogP contribution in [0.1, 0.15) is 29.8 Å². The van der Waals surface area contributed by atoms with Crippen molar-refractivity contribution in [1.82, 2.24) is 4.37 Å². The van der Waals surface area contributed by atoms with Gasteiger partial charge < -0.3 is 9.53 Å². The van der Waals surface area contributed by atoms with Gasteiger partial charge in [0.2, 0.25) is 0 Å². The number of halogens is 2. The van der Waals surface area contributed by atoms with Crippen LogP contribution in [0.3, 0.4) is 0 Å². The van der Waals surface area contributed by atoms with E-state index in [0.29, 0.717) is 21.4 Å². The highest BCUT2D eigenvalue weighted by Crippen LogP contribution is 2.36. The van der Waals surface area contributed by atoms with Crippen LogP contribution in [-0.2, 0) is 16.0 Å². The van der Waals surface area contributed by atoms with Crippen molar-refractivity contribution in [2.75, 3.05) is 5.32 Å². The van der Waals surface area contributed by atoms with Gasteiger partial charge >= 0.3 is 6.09 Å². The Bertz CT molecular complexity index is 1370. The molecule has 1 heterocycles. The van der Waals surface area contributed by atoms with E-state index in [1.165, 1.54) is 11.5 Å². The first-order valence-corrected chi connectivity index (χ1v) is 12.4. The van der Waals surface area contributed by atoms with E-state index in [2.05, 4.69) is 9.69 Å². The Morgan fingerprint density at radius 3 is 2.40 bits per heavy atom. The second-order valence-electron chi connectivity index (χ2n) is 7.92. The van der Waals surface area contributed by atoms with Gasteiger partial charge in [-0.3, -0.25) is 5.32 Å². The zero-order valence-corrected chi connectivity index (χ0v) is 21.4. The van der Waals surface area contributed by atoms with Crippen LogP contribution in [0, 0.1) is 6.92 Å². The Balaban J connectivity index is 1.51. The number of nitrogens with one attached hydrogen (secondary N) is 1. The van der Waals surface area contributed by atoms with Crippen molar-refractivity contribution >= 4 is 52.8 Å². The predicted octanol–water partition coefficient (Wildman–Crippen LogP) is 8.14. The average Bonchev–Trinajstić information content (AvgIpc) is 3.20. The molecule has 5 nitrogen and oxygen atoms in total. The molecule has 8 heteroatoms. The normalized spacial score (nSPS) is 11.7. The van der Waals surface area contributed by atoms with Gasteiger partial charge in [-0.05, 0) is 59.8 Å². The largest absolute Gasteiger partial charge is 0.441 e. The van der Waals surface area contributed by atoms with Crippen molar-refractivity contribution in [3.05, 3.63) is 93.6 Å². The molecule has 0 aliphatic rings. The van der Waals surface area contributed by atoms with Gasteiger partial charge in [0.15, 0.2) is 0 Å². The van der Waals surface area contributed by atoms with Crippen molar-refractivity contribution in [2.45, 2.75) is 26.4 Å². The number of hydrogen-bond donors (Lipinski definition) is 1. The molecule has 0 aliphatic heterocycles. The minimum atomic E-state index is -0.580. The van der Waals surface area contributed by atoms with Crippen molar-refractivity contribution in [3.63, 3.8) is 0 Å². The van der Waals surface area contributed by atoms with E-state index in [4.69, 9.17) is 27.9 Å². The number of aldehydes is 1. The average molecular weight is 525 g/mol. The second kappa shape index (κ2) is 11.0. The van der Waals surface area contributed by atoms with Gasteiger partial charge in [-0.15, -0.1) is 0 Å². The van der Waals surface area contributed by atoms with Gasteiger partial charge in [-0.25, -0.2) is 4.79 Å². The van der Waals surface area contributed by atoms with E-state index in [0.717, 1.165) is 39.0 Å². The van der Waals surface area contributed by atoms with Crippen LogP contribution >= 0.6 is 34.7 Å². The maximum absolute atomic E-state index is 12.7. The highest BCUT2D eigenvalue weighted by molar-refractivity contribution is 7.10. The number of nitrogens with zero attached hydrogens (tertiary/aromatic N) is 1. The fraction of sp³-hybridized carbons (Fsp3) is 0.148. The number of carbonyl (C=O) groups is 2. The molecule has 0 spiro atoms. The smallest absolute Gasteiger partial charge is 0.412 e. The van der Waals surface area contributed by atoms with Crippen LogP contribution in [-0.4, -0.2) is 16.8 Å². The highest BCUT2D eigenvalue weighted by Gasteiger charge is 2.19. The first-order valence-electron chi connectivity index (χ1n) is 10.9. The van der Waals surface area contributed by atoms with E-state index >= 15 is 0 Å². The molecule has 0 fully saturated rings. The molecule has 178 valence electrons. The minimum absolute atomic E-state index is 0.290. The number of carbonyl (C=O) groups excluding carboxylic acids is 2. The quantitative estimate of drug-likeness (QED) is 0.247. The molecule has 1 N–H and O–H groups in total. The van der Waals surface area contributed by atoms with Gasteiger partial charge in [0.05, 0.1) is 16.3 Å². The van der Waals surface area contributed by atoms with Crippen LogP contribution in [0.4, 0.5) is 10.5 Å². The summed E-state index contributed by atoms with van der Waals surface area (Å²) in [6.45, 7) is 3.61. The summed E-state index contributed by atoms with van der Waals surface area (Å²) in [6, 6.07) is 20.8. The Morgan fingerprint density at radius 1 is 1.03 bits per heavy atom. The zero-order valence-electron chi connectivity index (χ0n) is 19.0. The molecular weight excluding hydrogens is 503 g/mol. The van der Waals surface area contributed by atoms with E-state index in [1.54, 1.807) is 13.0 Å². The second-order valence-corrected chi connectivity index (χ2v) is 9.51. The predicted molar refractivity (Wildman–Crippen MR) is 142 cm³/mol. The molecular formula is C27H22Cl2N2O3S. The lowest BCUT2D eigenvalue weighted by molar-refractivity contribution is -0.107. The molecule has 4 aromatic rings. The Kier molecular flexibility index (Phi) is 7.86. The molecule has 3 aromatic carbocycles. The Labute approximate surface area is 217 Å². The number of benzene rings is 3.